The van der Waals surface area contributed by atoms with Gasteiger partial charge in [-0.15, -0.1) is 0 Å². The Morgan fingerprint density at radius 2 is 1.92 bits per heavy atom. The van der Waals surface area contributed by atoms with E-state index in [2.05, 4.69) is 10.3 Å². The maximum Gasteiger partial charge on any atom is 0.228 e. The number of hydrogen-bond acceptors (Lipinski definition) is 3. The number of nitrogens with zero attached hydrogens (tertiary/aromatic N) is 2. The van der Waals surface area contributed by atoms with Crippen LogP contribution in [0.3, 0.4) is 0 Å². The molecule has 5 heteroatoms. The zero-order chi connectivity index (χ0) is 16.9. The van der Waals surface area contributed by atoms with Crippen LogP contribution < -0.4 is 5.32 Å². The second-order valence-corrected chi connectivity index (χ2v) is 6.64. The van der Waals surface area contributed by atoms with Crippen molar-refractivity contribution in [1.29, 1.82) is 0 Å². The van der Waals surface area contributed by atoms with Gasteiger partial charge in [-0.1, -0.05) is 36.0 Å². The van der Waals surface area contributed by atoms with Gasteiger partial charge in [-0.3, -0.25) is 4.79 Å². The first-order valence-corrected chi connectivity index (χ1v) is 8.53. The lowest BCUT2D eigenvalue weighted by Crippen LogP contribution is -2.14. The van der Waals surface area contributed by atoms with Crippen LogP contribution in [0.25, 0.3) is 0 Å². The molecule has 3 aromatic rings. The van der Waals surface area contributed by atoms with Crippen molar-refractivity contribution < 1.29 is 4.79 Å². The fraction of sp³-hybridized carbons (Fsp3) is 0.158. The van der Waals surface area contributed by atoms with Crippen molar-refractivity contribution in [1.82, 2.24) is 9.55 Å². The number of anilines is 1. The fourth-order valence-corrected chi connectivity index (χ4v) is 3.15. The van der Waals surface area contributed by atoms with Crippen molar-refractivity contribution in [2.24, 2.45) is 7.05 Å². The zero-order valence-electron chi connectivity index (χ0n) is 13.7. The van der Waals surface area contributed by atoms with Crippen molar-refractivity contribution in [2.45, 2.75) is 23.4 Å². The molecule has 1 amide bonds. The Labute approximate surface area is 145 Å². The Kier molecular flexibility index (Phi) is 5.01. The molecule has 0 aliphatic rings. The number of hydrogen-bond donors (Lipinski definition) is 1. The molecular formula is C19H19N3OS. The molecule has 3 rings (SSSR count). The van der Waals surface area contributed by atoms with E-state index in [4.69, 9.17) is 0 Å². The monoisotopic (exact) mass is 337 g/mol. The molecule has 0 bridgehead atoms. The molecule has 122 valence electrons. The van der Waals surface area contributed by atoms with Gasteiger partial charge in [0, 0.05) is 30.0 Å². The summed E-state index contributed by atoms with van der Waals surface area (Å²) in [7, 11) is 1.97. The zero-order valence-corrected chi connectivity index (χ0v) is 14.5. The highest BCUT2D eigenvalue weighted by molar-refractivity contribution is 7.99. The first-order valence-electron chi connectivity index (χ1n) is 7.71. The van der Waals surface area contributed by atoms with Crippen molar-refractivity contribution >= 4 is 23.4 Å². The fourth-order valence-electron chi connectivity index (χ4n) is 2.35. The lowest BCUT2D eigenvalue weighted by molar-refractivity contribution is -0.115. The van der Waals surface area contributed by atoms with Gasteiger partial charge in [-0.25, -0.2) is 4.98 Å². The molecule has 0 aliphatic heterocycles. The van der Waals surface area contributed by atoms with E-state index >= 15 is 0 Å². The van der Waals surface area contributed by atoms with Crippen LogP contribution in [-0.2, 0) is 18.3 Å². The van der Waals surface area contributed by atoms with E-state index in [1.807, 2.05) is 73.3 Å². The van der Waals surface area contributed by atoms with Crippen LogP contribution in [0.4, 0.5) is 5.69 Å². The highest BCUT2D eigenvalue weighted by Crippen LogP contribution is 2.26. The van der Waals surface area contributed by atoms with Gasteiger partial charge in [-0.05, 0) is 42.3 Å². The summed E-state index contributed by atoms with van der Waals surface area (Å²) in [5.41, 5.74) is 2.99. The minimum absolute atomic E-state index is 0.00574. The summed E-state index contributed by atoms with van der Waals surface area (Å²) in [5, 5.41) is 3.88. The van der Waals surface area contributed by atoms with Crippen molar-refractivity contribution in [3.8, 4) is 0 Å². The number of carbonyl (C=O) groups is 1. The maximum atomic E-state index is 12.2. The molecule has 0 saturated heterocycles. The first kappa shape index (κ1) is 16.3. The number of imidazole rings is 1. The van der Waals surface area contributed by atoms with Gasteiger partial charge in [0.05, 0.1) is 6.42 Å². The van der Waals surface area contributed by atoms with Crippen molar-refractivity contribution in [3.63, 3.8) is 0 Å². The summed E-state index contributed by atoms with van der Waals surface area (Å²) in [5.74, 6) is -0.00574. The maximum absolute atomic E-state index is 12.2. The summed E-state index contributed by atoms with van der Waals surface area (Å²) < 4.78 is 1.97. The predicted molar refractivity (Wildman–Crippen MR) is 97.3 cm³/mol. The molecule has 4 nitrogen and oxygen atoms in total. The van der Waals surface area contributed by atoms with Gasteiger partial charge < -0.3 is 9.88 Å². The average Bonchev–Trinajstić information content (AvgIpc) is 2.96. The molecule has 0 aliphatic carbocycles. The van der Waals surface area contributed by atoms with E-state index in [-0.39, 0.29) is 5.91 Å². The van der Waals surface area contributed by atoms with Crippen molar-refractivity contribution in [3.05, 3.63) is 72.1 Å². The minimum Gasteiger partial charge on any atom is -0.329 e. The Bertz CT molecular complexity index is 840. The second-order valence-electron chi connectivity index (χ2n) is 5.60. The Morgan fingerprint density at radius 1 is 1.17 bits per heavy atom. The molecular weight excluding hydrogens is 318 g/mol. The van der Waals surface area contributed by atoms with Gasteiger partial charge in [0.1, 0.15) is 0 Å². The van der Waals surface area contributed by atoms with Crippen LogP contribution in [0.2, 0.25) is 0 Å². The molecule has 0 saturated carbocycles. The molecule has 0 spiro atoms. The summed E-state index contributed by atoms with van der Waals surface area (Å²) in [6.45, 7) is 2.02. The van der Waals surface area contributed by atoms with Crippen LogP contribution in [0.1, 0.15) is 11.1 Å². The molecule has 1 N–H and O–H groups in total. The first-order chi connectivity index (χ1) is 11.6. The van der Waals surface area contributed by atoms with Gasteiger partial charge in [0.2, 0.25) is 5.91 Å². The number of benzene rings is 2. The highest BCUT2D eigenvalue weighted by Gasteiger charge is 2.07. The normalized spacial score (nSPS) is 10.6. The molecule has 0 atom stereocenters. The standard InChI is InChI=1S/C19H19N3OS/c1-14-5-3-4-6-15(14)13-18(23)21-16-7-9-17(10-8-16)24-19-20-11-12-22(19)2/h3-12H,13H2,1-2H3,(H,21,23). The smallest absolute Gasteiger partial charge is 0.228 e. The van der Waals surface area contributed by atoms with E-state index in [1.54, 1.807) is 18.0 Å². The molecule has 1 heterocycles. The average molecular weight is 337 g/mol. The van der Waals surface area contributed by atoms with Crippen LogP contribution in [0, 0.1) is 6.92 Å². The molecule has 24 heavy (non-hydrogen) atoms. The van der Waals surface area contributed by atoms with Gasteiger partial charge >= 0.3 is 0 Å². The summed E-state index contributed by atoms with van der Waals surface area (Å²) in [6, 6.07) is 15.8. The minimum atomic E-state index is -0.00574. The number of aromatic nitrogens is 2. The Hall–Kier alpha value is -2.53. The Balaban J connectivity index is 1.61. The van der Waals surface area contributed by atoms with E-state index in [0.717, 1.165) is 26.9 Å². The number of nitrogens with one attached hydrogen (secondary N) is 1. The van der Waals surface area contributed by atoms with E-state index in [0.29, 0.717) is 6.42 Å². The van der Waals surface area contributed by atoms with Crippen LogP contribution in [0.15, 0.2) is 71.0 Å². The second kappa shape index (κ2) is 7.36. The third kappa shape index (κ3) is 4.06. The van der Waals surface area contributed by atoms with Crippen LogP contribution in [0.5, 0.6) is 0 Å². The summed E-state index contributed by atoms with van der Waals surface area (Å²) in [6.07, 6.45) is 4.08. The third-order valence-corrected chi connectivity index (χ3v) is 4.82. The SMILES string of the molecule is Cc1ccccc1CC(=O)Nc1ccc(Sc2nccn2C)cc1. The van der Waals surface area contributed by atoms with Gasteiger partial charge in [-0.2, -0.15) is 0 Å². The lowest BCUT2D eigenvalue weighted by Gasteiger charge is -2.08. The number of amides is 1. The predicted octanol–water partition coefficient (Wildman–Crippen LogP) is 4.06. The molecule has 0 fully saturated rings. The molecule has 2 aromatic carbocycles. The van der Waals surface area contributed by atoms with Crippen molar-refractivity contribution in [2.75, 3.05) is 5.32 Å². The Morgan fingerprint density at radius 3 is 2.58 bits per heavy atom. The largest absolute Gasteiger partial charge is 0.329 e. The third-order valence-electron chi connectivity index (χ3n) is 3.74. The topological polar surface area (TPSA) is 46.9 Å². The highest BCUT2D eigenvalue weighted by atomic mass is 32.2. The van der Waals surface area contributed by atoms with E-state index in [1.165, 1.54) is 0 Å². The molecule has 0 unspecified atom stereocenters. The van der Waals surface area contributed by atoms with Crippen LogP contribution >= 0.6 is 11.8 Å². The summed E-state index contributed by atoms with van der Waals surface area (Å²) in [4.78, 5) is 17.6. The number of aryl methyl sites for hydroxylation is 2. The quantitative estimate of drug-likeness (QED) is 0.764. The number of rotatable bonds is 5. The molecule has 0 radical (unpaired) electrons. The van der Waals surface area contributed by atoms with Crippen LogP contribution in [-0.4, -0.2) is 15.5 Å². The number of carbonyl (C=O) groups excluding carboxylic acids is 1. The van der Waals surface area contributed by atoms with E-state index in [9.17, 15) is 4.79 Å². The summed E-state index contributed by atoms with van der Waals surface area (Å²) >= 11 is 1.59. The van der Waals surface area contributed by atoms with E-state index < -0.39 is 0 Å². The molecule has 1 aromatic heterocycles. The van der Waals surface area contributed by atoms with Gasteiger partial charge in [0.15, 0.2) is 5.16 Å². The van der Waals surface area contributed by atoms with Gasteiger partial charge in [0.25, 0.3) is 0 Å². The lowest BCUT2D eigenvalue weighted by atomic mass is 10.1.